The van der Waals surface area contributed by atoms with Crippen molar-refractivity contribution in [3.63, 3.8) is 0 Å². The molecule has 2 aliphatic rings. The van der Waals surface area contributed by atoms with Crippen LogP contribution in [-0.2, 0) is 10.2 Å². The largest absolute Gasteiger partial charge is 0.507 e. The van der Waals surface area contributed by atoms with E-state index in [0.29, 0.717) is 12.8 Å². The van der Waals surface area contributed by atoms with Gasteiger partial charge in [0.2, 0.25) is 11.6 Å². The molecule has 0 aliphatic heterocycles. The molecule has 7 nitrogen and oxygen atoms in total. The normalized spacial score (nSPS) is 30.6. The van der Waals surface area contributed by atoms with Gasteiger partial charge in [0.1, 0.15) is 5.75 Å². The topological polar surface area (TPSA) is 135 Å². The lowest BCUT2D eigenvalue weighted by Gasteiger charge is -2.54. The maximum Gasteiger partial charge on any atom is 0.233 e. The summed E-state index contributed by atoms with van der Waals surface area (Å²) in [6.45, 7) is 6.20. The minimum Gasteiger partial charge on any atom is -0.507 e. The smallest absolute Gasteiger partial charge is 0.233 e. The second kappa shape index (κ2) is 5.94. The van der Waals surface area contributed by atoms with E-state index in [0.717, 1.165) is 0 Å². The van der Waals surface area contributed by atoms with Crippen LogP contribution in [0.4, 0.5) is 0 Å². The second-order valence-electron chi connectivity index (χ2n) is 8.71. The van der Waals surface area contributed by atoms with E-state index in [1.807, 2.05) is 0 Å². The first-order valence-corrected chi connectivity index (χ1v) is 9.09. The molecule has 0 aromatic heterocycles. The van der Waals surface area contributed by atoms with Crippen LogP contribution in [0.5, 0.6) is 17.2 Å². The number of carbonyl (C=O) groups is 2. The van der Waals surface area contributed by atoms with Gasteiger partial charge in [-0.05, 0) is 12.8 Å². The highest BCUT2D eigenvalue weighted by atomic mass is 16.3. The first kappa shape index (κ1) is 19.6. The van der Waals surface area contributed by atoms with Crippen molar-refractivity contribution in [2.75, 3.05) is 6.61 Å². The number of Topliss-reactive ketones (excluding diaryl/α,β-unsaturated/α-hetero) is 2. The first-order chi connectivity index (χ1) is 12.4. The third-order valence-corrected chi connectivity index (χ3v) is 6.69. The molecule has 1 fully saturated rings. The van der Waals surface area contributed by atoms with Crippen LogP contribution in [0.2, 0.25) is 0 Å². The van der Waals surface area contributed by atoms with Gasteiger partial charge in [-0.25, -0.2) is 0 Å². The Morgan fingerprint density at radius 1 is 1.07 bits per heavy atom. The molecule has 1 saturated carbocycles. The molecule has 7 heteroatoms. The van der Waals surface area contributed by atoms with Gasteiger partial charge < -0.3 is 25.5 Å². The highest BCUT2D eigenvalue weighted by Crippen LogP contribution is 2.61. The predicted molar refractivity (Wildman–Crippen MR) is 96.1 cm³/mol. The van der Waals surface area contributed by atoms with E-state index in [1.54, 1.807) is 20.8 Å². The number of phenols is 3. The van der Waals surface area contributed by atoms with Crippen molar-refractivity contribution in [3.8, 4) is 17.2 Å². The van der Waals surface area contributed by atoms with Crippen molar-refractivity contribution < 1.29 is 35.1 Å². The molecule has 0 radical (unpaired) electrons. The number of hydrogen-bond donors (Lipinski definition) is 5. The van der Waals surface area contributed by atoms with Crippen LogP contribution in [0, 0.1) is 11.3 Å². The molecule has 0 amide bonds. The number of fused-ring (bicyclic) bond motifs is 3. The average Bonchev–Trinajstić information content (AvgIpc) is 2.59. The van der Waals surface area contributed by atoms with Gasteiger partial charge in [0.15, 0.2) is 11.5 Å². The summed E-state index contributed by atoms with van der Waals surface area (Å²) in [6.07, 6.45) is -0.154. The Morgan fingerprint density at radius 3 is 2.22 bits per heavy atom. The van der Waals surface area contributed by atoms with E-state index in [-0.39, 0.29) is 16.7 Å². The number of aromatic hydroxyl groups is 3. The molecule has 2 aliphatic carbocycles. The fourth-order valence-corrected chi connectivity index (χ4v) is 5.18. The number of aliphatic hydroxyl groups is 2. The van der Waals surface area contributed by atoms with Crippen LogP contribution in [-0.4, -0.2) is 49.8 Å². The maximum atomic E-state index is 13.0. The van der Waals surface area contributed by atoms with Crippen LogP contribution in [0.3, 0.4) is 0 Å². The zero-order chi connectivity index (χ0) is 20.5. The Balaban J connectivity index is 2.40. The lowest BCUT2D eigenvalue weighted by Crippen LogP contribution is -2.59. The summed E-state index contributed by atoms with van der Waals surface area (Å²) in [5.74, 6) is -5.06. The van der Waals surface area contributed by atoms with Gasteiger partial charge >= 0.3 is 0 Å². The third-order valence-electron chi connectivity index (χ3n) is 6.69. The van der Waals surface area contributed by atoms with Crippen LogP contribution >= 0.6 is 0 Å². The predicted octanol–water partition coefficient (Wildman–Crippen LogP) is 1.72. The van der Waals surface area contributed by atoms with Crippen molar-refractivity contribution in [1.29, 1.82) is 0 Å². The molecule has 0 bridgehead atoms. The monoisotopic (exact) mass is 378 g/mol. The van der Waals surface area contributed by atoms with Crippen LogP contribution in [0.25, 0.3) is 0 Å². The van der Waals surface area contributed by atoms with Crippen molar-refractivity contribution in [2.45, 2.75) is 58.0 Å². The SMILES string of the molecule is C[C@@H](CO)c1c(O)c(O)c2c(c1O)C(=O)C(=O)[C@H]1C(C)(C)[C@H](O)CC[C@@]21C. The molecule has 5 N–H and O–H groups in total. The van der Waals surface area contributed by atoms with E-state index in [9.17, 15) is 35.1 Å². The quantitative estimate of drug-likeness (QED) is 0.300. The third kappa shape index (κ3) is 2.34. The summed E-state index contributed by atoms with van der Waals surface area (Å²) in [7, 11) is 0. The first-order valence-electron chi connectivity index (χ1n) is 9.09. The Hall–Kier alpha value is -2.12. The van der Waals surface area contributed by atoms with Crippen LogP contribution < -0.4 is 0 Å². The van der Waals surface area contributed by atoms with E-state index >= 15 is 0 Å². The van der Waals surface area contributed by atoms with Gasteiger partial charge in [-0.2, -0.15) is 0 Å². The Labute approximate surface area is 157 Å². The van der Waals surface area contributed by atoms with E-state index in [4.69, 9.17) is 0 Å². The molecule has 27 heavy (non-hydrogen) atoms. The number of benzene rings is 1. The molecule has 3 rings (SSSR count). The maximum absolute atomic E-state index is 13.0. The number of aliphatic hydroxyl groups excluding tert-OH is 2. The Kier molecular flexibility index (Phi) is 4.32. The van der Waals surface area contributed by atoms with Gasteiger partial charge in [0.05, 0.1) is 11.7 Å². The van der Waals surface area contributed by atoms with Gasteiger partial charge in [-0.3, -0.25) is 9.59 Å². The Bertz CT molecular complexity index is 841. The molecule has 0 saturated heterocycles. The molecule has 0 unspecified atom stereocenters. The number of carbonyl (C=O) groups excluding carboxylic acids is 2. The van der Waals surface area contributed by atoms with Crippen LogP contribution in [0.15, 0.2) is 0 Å². The molecule has 148 valence electrons. The number of rotatable bonds is 2. The van der Waals surface area contributed by atoms with Crippen molar-refractivity contribution >= 4 is 11.6 Å². The highest BCUT2D eigenvalue weighted by Gasteiger charge is 2.61. The highest BCUT2D eigenvalue weighted by molar-refractivity contribution is 6.47. The summed E-state index contributed by atoms with van der Waals surface area (Å²) >= 11 is 0. The minimum atomic E-state index is -1.04. The molecule has 4 atom stereocenters. The van der Waals surface area contributed by atoms with Gasteiger partial charge in [-0.15, -0.1) is 0 Å². The summed E-state index contributed by atoms with van der Waals surface area (Å²) in [5.41, 5.74) is -2.39. The Morgan fingerprint density at radius 2 is 1.67 bits per heavy atom. The standard InChI is InChI=1S/C20H26O7/c1-8(7-21)10-13(23)11-12(16(26)14(10)24)20(4)6-5-9(22)19(2,3)18(20)17(27)15(11)25/h8-9,18,21-24,26H,5-7H2,1-4H3/t8-,9+,18-,20-/m0/s1. The minimum absolute atomic E-state index is 0.0426. The van der Waals surface area contributed by atoms with E-state index in [2.05, 4.69) is 0 Å². The van der Waals surface area contributed by atoms with Gasteiger partial charge in [-0.1, -0.05) is 27.7 Å². The summed E-state index contributed by atoms with van der Waals surface area (Å²) in [5, 5.41) is 51.8. The molecule has 0 spiro atoms. The summed E-state index contributed by atoms with van der Waals surface area (Å²) < 4.78 is 0. The summed E-state index contributed by atoms with van der Waals surface area (Å²) in [4.78, 5) is 25.9. The zero-order valence-corrected chi connectivity index (χ0v) is 15.9. The average molecular weight is 378 g/mol. The van der Waals surface area contributed by atoms with E-state index in [1.165, 1.54) is 6.92 Å². The second-order valence-corrected chi connectivity index (χ2v) is 8.71. The van der Waals surface area contributed by atoms with Crippen molar-refractivity contribution in [2.24, 2.45) is 11.3 Å². The molecule has 1 aromatic carbocycles. The molecule has 1 aromatic rings. The van der Waals surface area contributed by atoms with Crippen molar-refractivity contribution in [3.05, 3.63) is 16.7 Å². The molecule has 0 heterocycles. The lowest BCUT2D eigenvalue weighted by molar-refractivity contribution is -0.137. The number of phenolic OH excluding ortho intramolecular Hbond substituents is 3. The van der Waals surface area contributed by atoms with Crippen molar-refractivity contribution in [1.82, 2.24) is 0 Å². The van der Waals surface area contributed by atoms with Gasteiger partial charge in [0.25, 0.3) is 0 Å². The fraction of sp³-hybridized carbons (Fsp3) is 0.600. The zero-order valence-electron chi connectivity index (χ0n) is 15.9. The lowest BCUT2D eigenvalue weighted by atomic mass is 9.48. The molecular weight excluding hydrogens is 352 g/mol. The number of hydrogen-bond acceptors (Lipinski definition) is 7. The fourth-order valence-electron chi connectivity index (χ4n) is 5.18. The molecular formula is C20H26O7. The van der Waals surface area contributed by atoms with Crippen LogP contribution in [0.1, 0.15) is 67.9 Å². The number of ketones is 2. The van der Waals surface area contributed by atoms with E-state index < -0.39 is 64.2 Å². The van der Waals surface area contributed by atoms with Gasteiger partial charge in [0, 0.05) is 40.4 Å². The summed E-state index contributed by atoms with van der Waals surface area (Å²) in [6, 6.07) is 0.